The summed E-state index contributed by atoms with van der Waals surface area (Å²) in [6.07, 6.45) is 6.88. The van der Waals surface area contributed by atoms with Crippen LogP contribution in [0.15, 0.2) is 127 Å². The van der Waals surface area contributed by atoms with Crippen molar-refractivity contribution < 1.29 is 19.1 Å². The van der Waals surface area contributed by atoms with E-state index in [1.807, 2.05) is 91.0 Å². The highest BCUT2D eigenvalue weighted by Crippen LogP contribution is 2.45. The zero-order chi connectivity index (χ0) is 36.3. The van der Waals surface area contributed by atoms with E-state index < -0.39 is 23.7 Å². The second-order valence-electron chi connectivity index (χ2n) is 13.6. The quantitative estimate of drug-likeness (QED) is 0.0628. The highest BCUT2D eigenvalue weighted by Gasteiger charge is 2.44. The number of halogens is 1. The van der Waals surface area contributed by atoms with Crippen LogP contribution in [0.2, 0.25) is 5.02 Å². The van der Waals surface area contributed by atoms with E-state index in [4.69, 9.17) is 21.1 Å². The van der Waals surface area contributed by atoms with Crippen LogP contribution in [-0.2, 0) is 26.3 Å². The van der Waals surface area contributed by atoms with Crippen molar-refractivity contribution in [2.45, 2.75) is 82.8 Å². The third-order valence-electron chi connectivity index (χ3n) is 10.2. The molecular weight excluding hydrogens is 666 g/mol. The van der Waals surface area contributed by atoms with Gasteiger partial charge in [0.1, 0.15) is 12.6 Å². The lowest BCUT2D eigenvalue weighted by atomic mass is 9.79. The molecule has 0 fully saturated rings. The first kappa shape index (κ1) is 36.9. The van der Waals surface area contributed by atoms with Gasteiger partial charge in [0.2, 0.25) is 0 Å². The van der Waals surface area contributed by atoms with E-state index in [0.717, 1.165) is 77.5 Å². The van der Waals surface area contributed by atoms with Crippen LogP contribution in [0, 0.1) is 0 Å². The molecule has 0 aromatic heterocycles. The van der Waals surface area contributed by atoms with Crippen LogP contribution in [0.3, 0.4) is 0 Å². The van der Waals surface area contributed by atoms with Crippen molar-refractivity contribution in [3.63, 3.8) is 0 Å². The number of unbranched alkanes of at least 4 members (excludes halogenated alkanes) is 5. The molecule has 5 aromatic carbocycles. The molecule has 5 nitrogen and oxygen atoms in total. The summed E-state index contributed by atoms with van der Waals surface area (Å²) >= 11 is 6.95. The zero-order valence-corrected chi connectivity index (χ0v) is 30.9. The Balaban J connectivity index is 1.30. The van der Waals surface area contributed by atoms with Gasteiger partial charge < -0.3 is 14.8 Å². The fraction of sp³-hybridized carbons (Fsp3) is 0.304. The van der Waals surface area contributed by atoms with Crippen LogP contribution in [0.4, 0.5) is 4.79 Å². The van der Waals surface area contributed by atoms with Crippen molar-refractivity contribution in [2.24, 2.45) is 0 Å². The van der Waals surface area contributed by atoms with Crippen molar-refractivity contribution in [3.8, 4) is 11.1 Å². The molecule has 52 heavy (non-hydrogen) atoms. The van der Waals surface area contributed by atoms with Gasteiger partial charge in [-0.25, -0.2) is 9.59 Å². The van der Waals surface area contributed by atoms with Crippen molar-refractivity contribution in [3.05, 3.63) is 166 Å². The number of carbonyl (C=O) groups is 2. The Morgan fingerprint density at radius 2 is 1.27 bits per heavy atom. The van der Waals surface area contributed by atoms with Crippen molar-refractivity contribution in [1.29, 1.82) is 0 Å². The molecule has 1 unspecified atom stereocenters. The number of ether oxygens (including phenoxy) is 2. The molecule has 1 amide bonds. The van der Waals surface area contributed by atoms with Gasteiger partial charge in [-0.2, -0.15) is 0 Å². The van der Waals surface area contributed by atoms with Crippen molar-refractivity contribution >= 4 is 23.7 Å². The SMILES string of the molecule is CCCCCCCC[C@H](NC(=O)OCC1c2ccccc2-c2ccccc21)C(=O)OC(c1ccccc1)(c1ccc(CC)cc1)c1ccccc1Cl. The van der Waals surface area contributed by atoms with Gasteiger partial charge in [0, 0.05) is 27.6 Å². The summed E-state index contributed by atoms with van der Waals surface area (Å²) in [4.78, 5) is 28.3. The van der Waals surface area contributed by atoms with Crippen LogP contribution in [0.1, 0.15) is 98.1 Å². The van der Waals surface area contributed by atoms with Gasteiger partial charge in [-0.3, -0.25) is 0 Å². The molecule has 5 aromatic rings. The van der Waals surface area contributed by atoms with Crippen molar-refractivity contribution in [2.75, 3.05) is 6.61 Å². The average molecular weight is 714 g/mol. The fourth-order valence-electron chi connectivity index (χ4n) is 7.43. The predicted molar refractivity (Wildman–Crippen MR) is 210 cm³/mol. The fourth-order valence-corrected chi connectivity index (χ4v) is 7.70. The van der Waals surface area contributed by atoms with Crippen LogP contribution in [0.25, 0.3) is 11.1 Å². The summed E-state index contributed by atoms with van der Waals surface area (Å²) in [5, 5.41) is 3.40. The molecule has 6 heteroatoms. The molecule has 0 spiro atoms. The monoisotopic (exact) mass is 713 g/mol. The summed E-state index contributed by atoms with van der Waals surface area (Å²) in [5.74, 6) is -0.649. The van der Waals surface area contributed by atoms with E-state index in [-0.39, 0.29) is 12.5 Å². The number of amides is 1. The number of carbonyl (C=O) groups excluding carboxylic acids is 2. The maximum Gasteiger partial charge on any atom is 0.407 e. The number of nitrogens with one attached hydrogen (secondary N) is 1. The van der Waals surface area contributed by atoms with E-state index in [9.17, 15) is 9.59 Å². The van der Waals surface area contributed by atoms with Gasteiger partial charge in [-0.15, -0.1) is 0 Å². The highest BCUT2D eigenvalue weighted by atomic mass is 35.5. The van der Waals surface area contributed by atoms with Crippen LogP contribution in [-0.4, -0.2) is 24.7 Å². The first-order valence-electron chi connectivity index (χ1n) is 18.7. The molecule has 0 saturated carbocycles. The minimum atomic E-state index is -1.38. The summed E-state index contributed by atoms with van der Waals surface area (Å²) in [6.45, 7) is 4.45. The molecule has 1 aliphatic carbocycles. The van der Waals surface area contributed by atoms with Gasteiger partial charge in [-0.1, -0.05) is 185 Å². The molecule has 1 N–H and O–H groups in total. The Labute approximate surface area is 313 Å². The Hall–Kier alpha value is -4.87. The van der Waals surface area contributed by atoms with Crippen LogP contribution < -0.4 is 5.32 Å². The minimum Gasteiger partial charge on any atom is -0.449 e. The number of fused-ring (bicyclic) bond motifs is 3. The van der Waals surface area contributed by atoms with E-state index in [2.05, 4.69) is 55.6 Å². The van der Waals surface area contributed by atoms with Gasteiger partial charge in [-0.05, 0) is 46.7 Å². The molecule has 0 aliphatic heterocycles. The smallest absolute Gasteiger partial charge is 0.407 e. The number of benzene rings is 5. The number of hydrogen-bond acceptors (Lipinski definition) is 4. The number of rotatable bonds is 16. The van der Waals surface area contributed by atoms with E-state index in [1.165, 1.54) is 6.42 Å². The summed E-state index contributed by atoms with van der Waals surface area (Å²) in [6, 6.07) is 40.8. The summed E-state index contributed by atoms with van der Waals surface area (Å²) < 4.78 is 12.7. The molecular formula is C46H48ClNO4. The van der Waals surface area contributed by atoms with Gasteiger partial charge in [0.05, 0.1) is 0 Å². The largest absolute Gasteiger partial charge is 0.449 e. The third-order valence-corrected chi connectivity index (χ3v) is 10.6. The normalized spacial score (nSPS) is 13.8. The summed E-state index contributed by atoms with van der Waals surface area (Å²) in [5.41, 5.74) is 6.49. The number of hydrogen-bond donors (Lipinski definition) is 1. The Kier molecular flexibility index (Phi) is 12.5. The van der Waals surface area contributed by atoms with E-state index in [0.29, 0.717) is 17.0 Å². The average Bonchev–Trinajstić information content (AvgIpc) is 3.51. The predicted octanol–water partition coefficient (Wildman–Crippen LogP) is 11.4. The van der Waals surface area contributed by atoms with Crippen LogP contribution >= 0.6 is 11.6 Å². The maximum absolute atomic E-state index is 14.7. The van der Waals surface area contributed by atoms with E-state index >= 15 is 0 Å². The van der Waals surface area contributed by atoms with Gasteiger partial charge >= 0.3 is 12.1 Å². The first-order chi connectivity index (χ1) is 25.5. The highest BCUT2D eigenvalue weighted by molar-refractivity contribution is 6.31. The Morgan fingerprint density at radius 3 is 1.92 bits per heavy atom. The number of aryl methyl sites for hydroxylation is 1. The van der Waals surface area contributed by atoms with Crippen molar-refractivity contribution in [1.82, 2.24) is 5.32 Å². The lowest BCUT2D eigenvalue weighted by Gasteiger charge is -2.37. The minimum absolute atomic E-state index is 0.0980. The third kappa shape index (κ3) is 8.11. The molecule has 0 saturated heterocycles. The van der Waals surface area contributed by atoms with Crippen LogP contribution in [0.5, 0.6) is 0 Å². The lowest BCUT2D eigenvalue weighted by molar-refractivity contribution is -0.156. The van der Waals surface area contributed by atoms with Gasteiger partial charge in [0.15, 0.2) is 5.60 Å². The molecule has 1 aliphatic rings. The second kappa shape index (κ2) is 17.6. The van der Waals surface area contributed by atoms with Gasteiger partial charge in [0.25, 0.3) is 0 Å². The molecule has 2 atom stereocenters. The Morgan fingerprint density at radius 1 is 0.692 bits per heavy atom. The molecule has 0 bridgehead atoms. The first-order valence-corrected chi connectivity index (χ1v) is 19.1. The standard InChI is InChI=1S/C46H48ClNO4/c1-3-5-6-7-8-12-27-43(48-45(50)51-32-40-38-23-15-13-21-36(38)37-22-14-16-24-39(37)40)44(49)52-46(34-19-10-9-11-20-34,41-25-17-18-26-42(41)47)35-30-28-33(4-2)29-31-35/h9-11,13-26,28-31,40,43H,3-8,12,27,32H2,1-2H3,(H,48,50)/t43-,46?/m0/s1. The molecule has 0 heterocycles. The summed E-state index contributed by atoms with van der Waals surface area (Å²) in [7, 11) is 0. The molecule has 6 rings (SSSR count). The number of alkyl carbamates (subject to hydrolysis) is 1. The maximum atomic E-state index is 14.7. The second-order valence-corrected chi connectivity index (χ2v) is 14.0. The number of esters is 1. The topological polar surface area (TPSA) is 64.6 Å². The Bertz CT molecular complexity index is 1900. The van der Waals surface area contributed by atoms with E-state index in [1.54, 1.807) is 0 Å². The molecule has 268 valence electrons. The molecule has 0 radical (unpaired) electrons. The zero-order valence-electron chi connectivity index (χ0n) is 30.2. The lowest BCUT2D eigenvalue weighted by Crippen LogP contribution is -2.46.